The van der Waals surface area contributed by atoms with Gasteiger partial charge in [0.25, 0.3) is 5.91 Å². The summed E-state index contributed by atoms with van der Waals surface area (Å²) in [5.74, 6) is -0.558. The largest absolute Gasteiger partial charge is 0.490 e. The van der Waals surface area contributed by atoms with Gasteiger partial charge in [-0.05, 0) is 41.8 Å². The molecule has 2 aromatic carbocycles. The Labute approximate surface area is 152 Å². The van der Waals surface area contributed by atoms with Crippen molar-refractivity contribution >= 4 is 11.9 Å². The zero-order valence-corrected chi connectivity index (χ0v) is 14.6. The molecule has 0 radical (unpaired) electrons. The van der Waals surface area contributed by atoms with Gasteiger partial charge in [-0.1, -0.05) is 18.2 Å². The predicted molar refractivity (Wildman–Crippen MR) is 95.7 cm³/mol. The first kappa shape index (κ1) is 17.9. The minimum atomic E-state index is -0.965. The fourth-order valence-electron chi connectivity index (χ4n) is 3.04. The van der Waals surface area contributed by atoms with Crippen LogP contribution in [0.4, 0.5) is 0 Å². The van der Waals surface area contributed by atoms with Crippen molar-refractivity contribution in [2.75, 3.05) is 26.9 Å². The number of hydrogen-bond acceptors (Lipinski definition) is 4. The highest BCUT2D eigenvalue weighted by Gasteiger charge is 2.24. The van der Waals surface area contributed by atoms with Crippen LogP contribution in [-0.2, 0) is 17.7 Å². The third-order valence-electron chi connectivity index (χ3n) is 4.42. The first-order valence-electron chi connectivity index (χ1n) is 8.45. The smallest absolute Gasteiger partial charge is 0.335 e. The minimum Gasteiger partial charge on any atom is -0.490 e. The number of methoxy groups -OCH3 is 1. The number of fused-ring (bicyclic) bond motifs is 1. The summed E-state index contributed by atoms with van der Waals surface area (Å²) in [7, 11) is 1.59. The molecule has 26 heavy (non-hydrogen) atoms. The van der Waals surface area contributed by atoms with Gasteiger partial charge in [0.05, 0.1) is 17.7 Å². The van der Waals surface area contributed by atoms with Crippen molar-refractivity contribution in [1.29, 1.82) is 0 Å². The van der Waals surface area contributed by atoms with Crippen LogP contribution < -0.4 is 4.74 Å². The molecule has 0 saturated carbocycles. The summed E-state index contributed by atoms with van der Waals surface area (Å²) in [6.07, 6.45) is 0.702. The van der Waals surface area contributed by atoms with Crippen LogP contribution in [0.2, 0.25) is 0 Å². The van der Waals surface area contributed by atoms with E-state index in [0.717, 1.165) is 11.1 Å². The summed E-state index contributed by atoms with van der Waals surface area (Å²) in [6, 6.07) is 12.2. The lowest BCUT2D eigenvalue weighted by Gasteiger charge is -2.29. The molecule has 0 fully saturated rings. The molecule has 1 aliphatic rings. The molecule has 2 aromatic rings. The first-order valence-corrected chi connectivity index (χ1v) is 8.45. The monoisotopic (exact) mass is 355 g/mol. The maximum Gasteiger partial charge on any atom is 0.335 e. The van der Waals surface area contributed by atoms with Crippen LogP contribution in [-0.4, -0.2) is 48.8 Å². The Morgan fingerprint density at radius 2 is 1.92 bits per heavy atom. The molecule has 1 heterocycles. The third kappa shape index (κ3) is 3.86. The van der Waals surface area contributed by atoms with E-state index in [-0.39, 0.29) is 11.5 Å². The number of carbonyl (C=O) groups is 2. The van der Waals surface area contributed by atoms with Crippen LogP contribution in [0.15, 0.2) is 42.5 Å². The molecule has 6 nitrogen and oxygen atoms in total. The van der Waals surface area contributed by atoms with E-state index in [4.69, 9.17) is 9.47 Å². The van der Waals surface area contributed by atoms with Crippen molar-refractivity contribution in [2.45, 2.75) is 13.0 Å². The lowest BCUT2D eigenvalue weighted by atomic mass is 9.97. The predicted octanol–water partition coefficient (Wildman–Crippen LogP) is 2.61. The van der Waals surface area contributed by atoms with E-state index in [1.54, 1.807) is 42.3 Å². The van der Waals surface area contributed by atoms with E-state index in [2.05, 4.69) is 0 Å². The van der Waals surface area contributed by atoms with E-state index in [1.807, 2.05) is 12.1 Å². The van der Waals surface area contributed by atoms with E-state index in [9.17, 15) is 14.7 Å². The van der Waals surface area contributed by atoms with Gasteiger partial charge < -0.3 is 19.5 Å². The Kier molecular flexibility index (Phi) is 5.53. The molecule has 1 N–H and O–H groups in total. The Bertz CT molecular complexity index is 818. The number of amides is 1. The quantitative estimate of drug-likeness (QED) is 0.806. The summed E-state index contributed by atoms with van der Waals surface area (Å²) >= 11 is 0. The van der Waals surface area contributed by atoms with Crippen molar-refractivity contribution in [3.63, 3.8) is 0 Å². The van der Waals surface area contributed by atoms with Gasteiger partial charge in [-0.25, -0.2) is 4.79 Å². The standard InChI is InChI=1S/C20H21NO5/c1-25-10-11-26-18-5-3-2-4-17(18)19(22)21-9-8-14-6-7-15(20(23)24)12-16(14)13-21/h2-7,12H,8-11,13H2,1H3,(H,23,24). The van der Waals surface area contributed by atoms with Crippen LogP contribution in [0, 0.1) is 0 Å². The fraction of sp³-hybridized carbons (Fsp3) is 0.300. The number of carboxylic acids is 1. The molecule has 0 aliphatic carbocycles. The van der Waals surface area contributed by atoms with Crippen molar-refractivity contribution in [1.82, 2.24) is 4.90 Å². The van der Waals surface area contributed by atoms with E-state index >= 15 is 0 Å². The molecule has 0 saturated heterocycles. The Balaban J connectivity index is 1.79. The normalized spacial score (nSPS) is 13.2. The van der Waals surface area contributed by atoms with Gasteiger partial charge in [-0.3, -0.25) is 4.79 Å². The molecule has 0 spiro atoms. The Morgan fingerprint density at radius 3 is 2.69 bits per heavy atom. The number of nitrogens with zero attached hydrogens (tertiary/aromatic N) is 1. The molecular weight excluding hydrogens is 334 g/mol. The van der Waals surface area contributed by atoms with Gasteiger partial charge in [0, 0.05) is 20.2 Å². The Morgan fingerprint density at radius 1 is 1.12 bits per heavy atom. The van der Waals surface area contributed by atoms with E-state index in [0.29, 0.717) is 44.0 Å². The highest BCUT2D eigenvalue weighted by Crippen LogP contribution is 2.25. The molecule has 0 unspecified atom stereocenters. The van der Waals surface area contributed by atoms with E-state index in [1.165, 1.54) is 0 Å². The van der Waals surface area contributed by atoms with Crippen LogP contribution >= 0.6 is 0 Å². The van der Waals surface area contributed by atoms with Crippen molar-refractivity contribution in [2.24, 2.45) is 0 Å². The van der Waals surface area contributed by atoms with Gasteiger partial charge in [0.1, 0.15) is 12.4 Å². The summed E-state index contributed by atoms with van der Waals surface area (Å²) < 4.78 is 10.6. The fourth-order valence-corrected chi connectivity index (χ4v) is 3.04. The van der Waals surface area contributed by atoms with Crippen molar-refractivity contribution in [3.05, 3.63) is 64.7 Å². The van der Waals surface area contributed by atoms with Gasteiger partial charge in [0.15, 0.2) is 0 Å². The molecule has 0 aromatic heterocycles. The van der Waals surface area contributed by atoms with Gasteiger partial charge >= 0.3 is 5.97 Å². The maximum absolute atomic E-state index is 13.0. The molecule has 136 valence electrons. The number of ether oxygens (including phenoxy) is 2. The average Bonchev–Trinajstić information content (AvgIpc) is 2.67. The lowest BCUT2D eigenvalue weighted by Crippen LogP contribution is -2.36. The molecule has 1 aliphatic heterocycles. The number of aromatic carboxylic acids is 1. The number of para-hydroxylation sites is 1. The zero-order chi connectivity index (χ0) is 18.5. The van der Waals surface area contributed by atoms with E-state index < -0.39 is 5.97 Å². The highest BCUT2D eigenvalue weighted by atomic mass is 16.5. The van der Waals surface area contributed by atoms with Gasteiger partial charge in [-0.2, -0.15) is 0 Å². The molecule has 0 bridgehead atoms. The van der Waals surface area contributed by atoms with Crippen molar-refractivity contribution in [3.8, 4) is 5.75 Å². The number of carbonyl (C=O) groups excluding carboxylic acids is 1. The second-order valence-corrected chi connectivity index (χ2v) is 6.10. The van der Waals surface area contributed by atoms with Crippen molar-refractivity contribution < 1.29 is 24.2 Å². The summed E-state index contributed by atoms with van der Waals surface area (Å²) in [6.45, 7) is 1.79. The van der Waals surface area contributed by atoms with Crippen LogP contribution in [0.5, 0.6) is 5.75 Å². The number of hydrogen-bond donors (Lipinski definition) is 1. The summed E-state index contributed by atoms with van der Waals surface area (Å²) in [4.78, 5) is 25.9. The van der Waals surface area contributed by atoms with Crippen LogP contribution in [0.3, 0.4) is 0 Å². The minimum absolute atomic E-state index is 0.121. The SMILES string of the molecule is COCCOc1ccccc1C(=O)N1CCc2ccc(C(=O)O)cc2C1. The second kappa shape index (κ2) is 8.01. The second-order valence-electron chi connectivity index (χ2n) is 6.10. The first-order chi connectivity index (χ1) is 12.6. The topological polar surface area (TPSA) is 76.1 Å². The molecule has 3 rings (SSSR count). The third-order valence-corrected chi connectivity index (χ3v) is 4.42. The average molecular weight is 355 g/mol. The number of rotatable bonds is 6. The number of carboxylic acid groups (broad SMARTS) is 1. The molecule has 1 amide bonds. The summed E-state index contributed by atoms with van der Waals surface area (Å²) in [5, 5.41) is 9.17. The van der Waals surface area contributed by atoms with Crippen LogP contribution in [0.1, 0.15) is 31.8 Å². The van der Waals surface area contributed by atoms with Crippen LogP contribution in [0.25, 0.3) is 0 Å². The molecular formula is C20H21NO5. The molecule has 6 heteroatoms. The van der Waals surface area contributed by atoms with Gasteiger partial charge in [-0.15, -0.1) is 0 Å². The maximum atomic E-state index is 13.0. The summed E-state index contributed by atoms with van der Waals surface area (Å²) in [5.41, 5.74) is 2.70. The van der Waals surface area contributed by atoms with Gasteiger partial charge in [0.2, 0.25) is 0 Å². The molecule has 0 atom stereocenters. The zero-order valence-electron chi connectivity index (χ0n) is 14.6. The number of benzene rings is 2. The Hall–Kier alpha value is -2.86. The lowest BCUT2D eigenvalue weighted by molar-refractivity contribution is 0.0696. The highest BCUT2D eigenvalue weighted by molar-refractivity contribution is 5.97.